The number of amides is 3. The van der Waals surface area contributed by atoms with Gasteiger partial charge in [0.2, 0.25) is 0 Å². The van der Waals surface area contributed by atoms with Crippen LogP contribution in [0.15, 0.2) is 40.7 Å². The Hall–Kier alpha value is -3.31. The number of rotatable bonds is 6. The highest BCUT2D eigenvalue weighted by Crippen LogP contribution is 2.41. The average Bonchev–Trinajstić information content (AvgIpc) is 2.88. The van der Waals surface area contributed by atoms with E-state index in [1.807, 2.05) is 31.2 Å². The number of carboxylic acid groups (broad SMARTS) is 1. The first-order chi connectivity index (χ1) is 18.6. The highest BCUT2D eigenvalue weighted by atomic mass is 16.5. The number of hydrogen-bond donors (Lipinski definition) is 4. The average molecular weight is 542 g/mol. The maximum Gasteiger partial charge on any atom is 0.407 e. The third-order valence-corrected chi connectivity index (χ3v) is 7.56. The van der Waals surface area contributed by atoms with Gasteiger partial charge in [0, 0.05) is 36.4 Å². The fourth-order valence-corrected chi connectivity index (χ4v) is 5.88. The predicted octanol–water partition coefficient (Wildman–Crippen LogP) is 3.09. The summed E-state index contributed by atoms with van der Waals surface area (Å²) >= 11 is 0. The molecule has 3 heterocycles. The molecule has 1 aromatic carbocycles. The van der Waals surface area contributed by atoms with Gasteiger partial charge in [0.25, 0.3) is 0 Å². The summed E-state index contributed by atoms with van der Waals surface area (Å²) < 4.78 is 5.73. The number of anilines is 1. The molecule has 11 nitrogen and oxygen atoms in total. The van der Waals surface area contributed by atoms with Crippen molar-refractivity contribution in [2.24, 2.45) is 10.7 Å². The fraction of sp³-hybridized carbons (Fsp3) is 0.607. The van der Waals surface area contributed by atoms with Gasteiger partial charge < -0.3 is 40.9 Å². The normalized spacial score (nSPS) is 23.8. The van der Waals surface area contributed by atoms with Gasteiger partial charge in [0.15, 0.2) is 0 Å². The molecule has 2 saturated heterocycles. The van der Waals surface area contributed by atoms with Crippen molar-refractivity contribution in [2.45, 2.75) is 71.1 Å². The van der Waals surface area contributed by atoms with E-state index in [1.54, 1.807) is 4.90 Å². The second kappa shape index (κ2) is 11.8. The lowest BCUT2D eigenvalue weighted by Gasteiger charge is -2.55. The van der Waals surface area contributed by atoms with Gasteiger partial charge in [-0.1, -0.05) is 0 Å². The lowest BCUT2D eigenvalue weighted by molar-refractivity contribution is 0.0103. The largest absolute Gasteiger partial charge is 0.465 e. The highest BCUT2D eigenvalue weighted by Gasteiger charge is 2.48. The lowest BCUT2D eigenvalue weighted by atomic mass is 9.82. The molecule has 39 heavy (non-hydrogen) atoms. The Morgan fingerprint density at radius 1 is 1.21 bits per heavy atom. The standard InChI is InChI=1S/C28H43N7O4/c1-6-30-26(36)31-20-9-7-19(8-10-20)24-32-25(33-15-16-39-17-18(33)2)21-12-14-34(27(37)38)22(11-13-29)23(21)35(24)28(3,4)5/h7-10,18,22-23H,6,11-17,29H2,1-5H3,(H,37,38)(H2,30,31,36)/t18-,22?,23?/m0/s1. The summed E-state index contributed by atoms with van der Waals surface area (Å²) in [5.41, 5.74) is 8.43. The van der Waals surface area contributed by atoms with Crippen LogP contribution in [-0.4, -0.2) is 101 Å². The van der Waals surface area contributed by atoms with Gasteiger partial charge in [-0.3, -0.25) is 0 Å². The Morgan fingerprint density at radius 2 is 1.92 bits per heavy atom. The van der Waals surface area contributed by atoms with Crippen molar-refractivity contribution in [1.29, 1.82) is 0 Å². The summed E-state index contributed by atoms with van der Waals surface area (Å²) in [6, 6.07) is 7.00. The van der Waals surface area contributed by atoms with Crippen molar-refractivity contribution in [3.05, 3.63) is 41.2 Å². The number of piperidine rings is 1. The summed E-state index contributed by atoms with van der Waals surface area (Å²) in [5.74, 6) is 1.70. The van der Waals surface area contributed by atoms with Gasteiger partial charge in [0.1, 0.15) is 11.7 Å². The number of carbonyl (C=O) groups excluding carboxylic acids is 1. The van der Waals surface area contributed by atoms with Crippen LogP contribution in [0, 0.1) is 0 Å². The molecule has 2 fully saturated rings. The van der Waals surface area contributed by atoms with E-state index in [0.29, 0.717) is 51.4 Å². The number of nitrogens with two attached hydrogens (primary N) is 1. The maximum atomic E-state index is 12.4. The van der Waals surface area contributed by atoms with Crippen molar-refractivity contribution >= 4 is 23.6 Å². The van der Waals surface area contributed by atoms with Crippen LogP contribution < -0.4 is 16.4 Å². The van der Waals surface area contributed by atoms with Crippen molar-refractivity contribution in [2.75, 3.05) is 44.7 Å². The molecule has 3 aliphatic rings. The first-order valence-corrected chi connectivity index (χ1v) is 13.9. The number of likely N-dealkylation sites (tertiary alicyclic amines) is 1. The molecular weight excluding hydrogens is 498 g/mol. The molecule has 214 valence electrons. The monoisotopic (exact) mass is 541 g/mol. The minimum Gasteiger partial charge on any atom is -0.465 e. The maximum absolute atomic E-state index is 12.4. The third-order valence-electron chi connectivity index (χ3n) is 7.56. The Kier molecular flexibility index (Phi) is 8.70. The first-order valence-electron chi connectivity index (χ1n) is 13.9. The van der Waals surface area contributed by atoms with Gasteiger partial charge in [0.05, 0.1) is 31.3 Å². The van der Waals surface area contributed by atoms with Crippen LogP contribution in [0.1, 0.15) is 53.0 Å². The number of morpholine rings is 1. The zero-order valence-electron chi connectivity index (χ0n) is 23.7. The number of carbonyl (C=O) groups is 2. The summed E-state index contributed by atoms with van der Waals surface area (Å²) in [7, 11) is 0. The molecule has 0 bridgehead atoms. The number of urea groups is 1. The van der Waals surface area contributed by atoms with Crippen molar-refractivity contribution < 1.29 is 19.4 Å². The number of amidine groups is 1. The number of fused-ring (bicyclic) bond motifs is 1. The van der Waals surface area contributed by atoms with E-state index in [4.69, 9.17) is 15.5 Å². The molecule has 3 aliphatic heterocycles. The van der Waals surface area contributed by atoms with Crippen LogP contribution in [0.2, 0.25) is 0 Å². The quantitative estimate of drug-likeness (QED) is 0.435. The van der Waals surface area contributed by atoms with Crippen LogP contribution in [0.3, 0.4) is 0 Å². The van der Waals surface area contributed by atoms with Crippen LogP contribution in [-0.2, 0) is 4.74 Å². The lowest BCUT2D eigenvalue weighted by Crippen LogP contribution is -2.65. The zero-order chi connectivity index (χ0) is 28.3. The second-order valence-corrected chi connectivity index (χ2v) is 11.3. The summed E-state index contributed by atoms with van der Waals surface area (Å²) in [4.78, 5) is 35.9. The SMILES string of the molecule is CCNC(=O)Nc1ccc(C2=NC(N3CCOC[C@@H]3C)=C3CCN(C(=O)O)C(CCN)C3N2C(C)(C)C)cc1. The molecular formula is C28H43N7O4. The minimum absolute atomic E-state index is 0.141. The van der Waals surface area contributed by atoms with Crippen molar-refractivity contribution in [1.82, 2.24) is 20.0 Å². The smallest absolute Gasteiger partial charge is 0.407 e. The number of hydrogen-bond acceptors (Lipinski definition) is 7. The molecule has 4 rings (SSSR count). The number of nitrogens with one attached hydrogen (secondary N) is 2. The Balaban J connectivity index is 1.86. The van der Waals surface area contributed by atoms with E-state index in [1.165, 1.54) is 0 Å². The van der Waals surface area contributed by atoms with E-state index >= 15 is 0 Å². The molecule has 0 aliphatic carbocycles. The Bertz CT molecular complexity index is 1110. The number of nitrogens with zero attached hydrogens (tertiary/aromatic N) is 4. The molecule has 1 aromatic rings. The fourth-order valence-electron chi connectivity index (χ4n) is 5.88. The van der Waals surface area contributed by atoms with Crippen LogP contribution >= 0.6 is 0 Å². The van der Waals surface area contributed by atoms with E-state index in [0.717, 1.165) is 29.3 Å². The van der Waals surface area contributed by atoms with Gasteiger partial charge >= 0.3 is 12.1 Å². The van der Waals surface area contributed by atoms with Gasteiger partial charge in [-0.25, -0.2) is 14.6 Å². The van der Waals surface area contributed by atoms with Crippen LogP contribution in [0.25, 0.3) is 0 Å². The molecule has 5 N–H and O–H groups in total. The van der Waals surface area contributed by atoms with Crippen LogP contribution in [0.4, 0.5) is 15.3 Å². The van der Waals surface area contributed by atoms with Crippen molar-refractivity contribution in [3.8, 4) is 0 Å². The molecule has 0 radical (unpaired) electrons. The van der Waals surface area contributed by atoms with Gasteiger partial charge in [-0.2, -0.15) is 0 Å². The first kappa shape index (κ1) is 28.7. The molecule has 2 unspecified atom stereocenters. The molecule has 3 atom stereocenters. The summed E-state index contributed by atoms with van der Waals surface area (Å²) in [6.45, 7) is 13.7. The third kappa shape index (κ3) is 5.99. The predicted molar refractivity (Wildman–Crippen MR) is 152 cm³/mol. The number of ether oxygens (including phenoxy) is 1. The van der Waals surface area contributed by atoms with Gasteiger partial charge in [-0.05, 0) is 83.8 Å². The minimum atomic E-state index is -0.924. The van der Waals surface area contributed by atoms with Gasteiger partial charge in [-0.15, -0.1) is 0 Å². The summed E-state index contributed by atoms with van der Waals surface area (Å²) in [5, 5.41) is 15.7. The Labute approximate surface area is 231 Å². The van der Waals surface area contributed by atoms with Crippen LogP contribution in [0.5, 0.6) is 0 Å². The highest BCUT2D eigenvalue weighted by molar-refractivity contribution is 6.01. The second-order valence-electron chi connectivity index (χ2n) is 11.3. The van der Waals surface area contributed by atoms with E-state index in [9.17, 15) is 14.7 Å². The number of benzene rings is 1. The molecule has 3 amide bonds. The number of aliphatic imine (C=N–C) groups is 1. The molecule has 0 aromatic heterocycles. The van der Waals surface area contributed by atoms with E-state index in [2.05, 4.69) is 48.1 Å². The Morgan fingerprint density at radius 3 is 2.51 bits per heavy atom. The summed E-state index contributed by atoms with van der Waals surface area (Å²) in [6.07, 6.45) is 0.227. The molecule has 0 spiro atoms. The van der Waals surface area contributed by atoms with E-state index in [-0.39, 0.29) is 29.7 Å². The van der Waals surface area contributed by atoms with E-state index < -0.39 is 6.09 Å². The topological polar surface area (TPSA) is 136 Å². The molecule has 0 saturated carbocycles. The van der Waals surface area contributed by atoms with Crippen molar-refractivity contribution in [3.63, 3.8) is 0 Å². The molecule has 11 heteroatoms. The zero-order valence-corrected chi connectivity index (χ0v) is 23.7.